The number of hydrogen-bond acceptors (Lipinski definition) is 2. The summed E-state index contributed by atoms with van der Waals surface area (Å²) in [5.74, 6) is -0.806. The van der Waals surface area contributed by atoms with Gasteiger partial charge in [0.2, 0.25) is 5.91 Å². The Labute approximate surface area is 164 Å². The van der Waals surface area contributed by atoms with Crippen molar-refractivity contribution in [3.8, 4) is 0 Å². The number of carbonyl (C=O) groups excluding carboxylic acids is 1. The number of hydrogen-bond donors (Lipinski definition) is 2. The van der Waals surface area contributed by atoms with Crippen LogP contribution in [0.3, 0.4) is 0 Å². The summed E-state index contributed by atoms with van der Waals surface area (Å²) >= 11 is 0. The summed E-state index contributed by atoms with van der Waals surface area (Å²) in [6.07, 6.45) is 11.8. The summed E-state index contributed by atoms with van der Waals surface area (Å²) < 4.78 is 0. The molecule has 1 atom stereocenters. The van der Waals surface area contributed by atoms with Gasteiger partial charge in [-0.1, -0.05) is 72.1 Å². The van der Waals surface area contributed by atoms with E-state index < -0.39 is 12.0 Å². The number of nitrogens with one attached hydrogen (secondary N) is 1. The zero-order valence-electron chi connectivity index (χ0n) is 14.7. The van der Waals surface area contributed by atoms with E-state index in [1.54, 1.807) is 0 Å². The Kier molecular flexibility index (Phi) is 18.4. The van der Waals surface area contributed by atoms with E-state index in [4.69, 9.17) is 5.11 Å². The van der Waals surface area contributed by atoms with Gasteiger partial charge in [0.1, 0.15) is 6.04 Å². The molecule has 5 heteroatoms. The molecule has 0 aromatic rings. The fourth-order valence-electron chi connectivity index (χ4n) is 2.56. The van der Waals surface area contributed by atoms with Crippen molar-refractivity contribution in [1.82, 2.24) is 5.32 Å². The van der Waals surface area contributed by atoms with Crippen LogP contribution in [0.15, 0.2) is 0 Å². The van der Waals surface area contributed by atoms with Crippen LogP contribution < -0.4 is 5.32 Å². The predicted octanol–water partition coefficient (Wildman–Crippen LogP) is 3.87. The van der Waals surface area contributed by atoms with Gasteiger partial charge in [-0.05, 0) is 18.8 Å². The van der Waals surface area contributed by atoms with Crippen molar-refractivity contribution < 1.29 is 14.7 Å². The topological polar surface area (TPSA) is 66.4 Å². The van der Waals surface area contributed by atoms with Crippen molar-refractivity contribution in [2.45, 2.75) is 97.4 Å². The Bertz CT molecular complexity index is 309. The van der Waals surface area contributed by atoms with Crippen LogP contribution in [0, 0.1) is 5.92 Å². The van der Waals surface area contributed by atoms with Gasteiger partial charge in [-0.15, -0.1) is 0 Å². The molecule has 2 N–H and O–H groups in total. The predicted molar refractivity (Wildman–Crippen MR) is 98.0 cm³/mol. The average molecular weight is 337 g/mol. The Morgan fingerprint density at radius 2 is 1.39 bits per heavy atom. The molecule has 4 nitrogen and oxygen atoms in total. The van der Waals surface area contributed by atoms with E-state index in [9.17, 15) is 9.59 Å². The van der Waals surface area contributed by atoms with E-state index in [1.807, 2.05) is 13.8 Å². The first-order valence-corrected chi connectivity index (χ1v) is 8.99. The van der Waals surface area contributed by atoms with Crippen molar-refractivity contribution in [3.05, 3.63) is 0 Å². The molecule has 0 bridgehead atoms. The van der Waals surface area contributed by atoms with E-state index in [-0.39, 0.29) is 41.4 Å². The van der Waals surface area contributed by atoms with E-state index in [0.29, 0.717) is 12.8 Å². The molecule has 0 fully saturated rings. The van der Waals surface area contributed by atoms with Crippen molar-refractivity contribution in [3.63, 3.8) is 0 Å². The van der Waals surface area contributed by atoms with E-state index in [2.05, 4.69) is 12.2 Å². The molecule has 0 aliphatic rings. The monoisotopic (exact) mass is 337 g/mol. The van der Waals surface area contributed by atoms with Gasteiger partial charge in [0.15, 0.2) is 0 Å². The number of unbranched alkanes of at least 4 members (excludes halogenated alkanes) is 8. The van der Waals surface area contributed by atoms with Crippen LogP contribution in [-0.2, 0) is 9.59 Å². The molecule has 0 radical (unpaired) electrons. The zero-order chi connectivity index (χ0) is 16.8. The normalized spacial score (nSPS) is 11.8. The molecule has 0 heterocycles. The first kappa shape index (κ1) is 25.2. The van der Waals surface area contributed by atoms with Crippen molar-refractivity contribution in [2.75, 3.05) is 0 Å². The van der Waals surface area contributed by atoms with Gasteiger partial charge >= 0.3 is 35.5 Å². The van der Waals surface area contributed by atoms with Crippen molar-refractivity contribution >= 4 is 41.4 Å². The van der Waals surface area contributed by atoms with Crippen LogP contribution in [0.4, 0.5) is 0 Å². The number of carboxylic acid groups (broad SMARTS) is 1. The maximum atomic E-state index is 11.8. The average Bonchev–Trinajstić information content (AvgIpc) is 2.44. The first-order chi connectivity index (χ1) is 10.5. The molecule has 0 aromatic heterocycles. The summed E-state index contributed by atoms with van der Waals surface area (Å²) in [4.78, 5) is 22.9. The van der Waals surface area contributed by atoms with Crippen molar-refractivity contribution in [2.24, 2.45) is 5.92 Å². The quantitative estimate of drug-likeness (QED) is 0.373. The zero-order valence-corrected chi connectivity index (χ0v) is 14.7. The molecular weight excluding hydrogens is 301 g/mol. The third kappa shape index (κ3) is 16.6. The second-order valence-corrected chi connectivity index (χ2v) is 6.67. The Hall–Kier alpha value is -0.0600. The molecule has 0 aliphatic carbocycles. The number of carboxylic acids is 1. The minimum absolute atomic E-state index is 0. The van der Waals surface area contributed by atoms with Crippen LogP contribution >= 0.6 is 0 Å². The molecule has 0 saturated carbocycles. The molecule has 23 heavy (non-hydrogen) atoms. The SMILES string of the molecule is CCCCCCCCCCCC(=O)NC(CC(C)C)C(=O)O.[NaH]. The molecule has 1 unspecified atom stereocenters. The fraction of sp³-hybridized carbons (Fsp3) is 0.889. The fourth-order valence-corrected chi connectivity index (χ4v) is 2.56. The number of carbonyl (C=O) groups is 2. The molecule has 132 valence electrons. The van der Waals surface area contributed by atoms with E-state index in [0.717, 1.165) is 12.8 Å². The summed E-state index contributed by atoms with van der Waals surface area (Å²) in [5, 5.41) is 11.7. The van der Waals surface area contributed by atoms with Crippen molar-refractivity contribution in [1.29, 1.82) is 0 Å². The maximum absolute atomic E-state index is 11.8. The second kappa shape index (κ2) is 16.8. The van der Waals surface area contributed by atoms with Gasteiger partial charge in [0, 0.05) is 6.42 Å². The van der Waals surface area contributed by atoms with Crippen LogP contribution in [-0.4, -0.2) is 52.6 Å². The molecule has 0 spiro atoms. The summed E-state index contributed by atoms with van der Waals surface area (Å²) in [6, 6.07) is -0.744. The van der Waals surface area contributed by atoms with Gasteiger partial charge in [0.25, 0.3) is 0 Å². The number of aliphatic carboxylic acids is 1. The molecule has 0 aromatic carbocycles. The van der Waals surface area contributed by atoms with Crippen LogP contribution in [0.1, 0.15) is 91.4 Å². The first-order valence-electron chi connectivity index (χ1n) is 8.99. The third-order valence-electron chi connectivity index (χ3n) is 3.85. The number of rotatable bonds is 14. The van der Waals surface area contributed by atoms with Gasteiger partial charge in [-0.2, -0.15) is 0 Å². The van der Waals surface area contributed by atoms with Crippen LogP contribution in [0.5, 0.6) is 0 Å². The summed E-state index contributed by atoms with van der Waals surface area (Å²) in [5.41, 5.74) is 0. The van der Waals surface area contributed by atoms with Gasteiger partial charge in [0.05, 0.1) is 0 Å². The Morgan fingerprint density at radius 3 is 1.83 bits per heavy atom. The molecule has 0 saturated heterocycles. The van der Waals surface area contributed by atoms with Crippen LogP contribution in [0.25, 0.3) is 0 Å². The van der Waals surface area contributed by atoms with E-state index >= 15 is 0 Å². The Morgan fingerprint density at radius 1 is 0.913 bits per heavy atom. The molecule has 0 aliphatic heterocycles. The summed E-state index contributed by atoms with van der Waals surface area (Å²) in [7, 11) is 0. The summed E-state index contributed by atoms with van der Waals surface area (Å²) in [6.45, 7) is 6.15. The van der Waals surface area contributed by atoms with Gasteiger partial charge < -0.3 is 10.4 Å². The van der Waals surface area contributed by atoms with Crippen LogP contribution in [0.2, 0.25) is 0 Å². The van der Waals surface area contributed by atoms with E-state index in [1.165, 1.54) is 44.9 Å². The third-order valence-corrected chi connectivity index (χ3v) is 3.85. The standard InChI is InChI=1S/C18H35NO3.Na.H/c1-4-5-6-7-8-9-10-11-12-13-17(20)19-16(18(21)22)14-15(2)3;;/h15-16H,4-14H2,1-3H3,(H,19,20)(H,21,22);;. The molecule has 0 rings (SSSR count). The van der Waals surface area contributed by atoms with Gasteiger partial charge in [-0.25, -0.2) is 4.79 Å². The molecule has 1 amide bonds. The Balaban J connectivity index is 0. The number of amides is 1. The second-order valence-electron chi connectivity index (χ2n) is 6.67. The van der Waals surface area contributed by atoms with Gasteiger partial charge in [-0.3, -0.25) is 4.79 Å². The minimum atomic E-state index is -0.936. The molecular formula is C18H36NNaO3.